The van der Waals surface area contributed by atoms with Gasteiger partial charge in [-0.2, -0.15) is 0 Å². The highest BCUT2D eigenvalue weighted by atomic mass is 16.6. The van der Waals surface area contributed by atoms with Gasteiger partial charge >= 0.3 is 5.97 Å². The fourth-order valence-corrected chi connectivity index (χ4v) is 1.99. The van der Waals surface area contributed by atoms with Gasteiger partial charge in [-0.05, 0) is 30.9 Å². The van der Waals surface area contributed by atoms with Crippen molar-refractivity contribution in [2.45, 2.75) is 46.5 Å². The van der Waals surface area contributed by atoms with Crippen molar-refractivity contribution in [1.29, 1.82) is 0 Å². The second-order valence-electron chi connectivity index (χ2n) is 4.95. The Hall–Kier alpha value is -1.97. The van der Waals surface area contributed by atoms with E-state index < -0.39 is 5.97 Å². The van der Waals surface area contributed by atoms with E-state index in [0.717, 1.165) is 37.3 Å². The smallest absolute Gasteiger partial charge is 0.335 e. The normalized spacial score (nSPS) is 10.1. The summed E-state index contributed by atoms with van der Waals surface area (Å²) in [6.45, 7) is 10.7. The van der Waals surface area contributed by atoms with Gasteiger partial charge in [-0.25, -0.2) is 4.79 Å². The highest BCUT2D eigenvalue weighted by Gasteiger charge is 2.18. The first-order valence-electron chi connectivity index (χ1n) is 7.93. The molecule has 0 atom stereocenters. The number of carbonyl (C=O) groups is 1. The minimum Gasteiger partial charge on any atom is -0.489 e. The standard InChI is InChI=1S/C18H26O4/c1-5-9-14-10-11-15(22-16(19)8-4)18(21-13-7-3)17(14)20-12-6-2/h8,10-11H,4-7,9,12-13H2,1-3H3. The molecular weight excluding hydrogens is 280 g/mol. The summed E-state index contributed by atoms with van der Waals surface area (Å²) in [5.41, 5.74) is 1.07. The van der Waals surface area contributed by atoms with Crippen molar-refractivity contribution in [2.75, 3.05) is 13.2 Å². The largest absolute Gasteiger partial charge is 0.489 e. The van der Waals surface area contributed by atoms with Crippen LogP contribution in [0.15, 0.2) is 24.8 Å². The van der Waals surface area contributed by atoms with Gasteiger partial charge in [0.1, 0.15) is 0 Å². The fourth-order valence-electron chi connectivity index (χ4n) is 1.99. The number of esters is 1. The van der Waals surface area contributed by atoms with Crippen LogP contribution in [-0.2, 0) is 11.2 Å². The highest BCUT2D eigenvalue weighted by Crippen LogP contribution is 2.41. The van der Waals surface area contributed by atoms with Gasteiger partial charge in [0.15, 0.2) is 11.5 Å². The lowest BCUT2D eigenvalue weighted by Crippen LogP contribution is -2.09. The minimum atomic E-state index is -0.508. The van der Waals surface area contributed by atoms with Crippen LogP contribution in [0.1, 0.15) is 45.6 Å². The molecule has 0 heterocycles. The molecule has 0 spiro atoms. The number of hydrogen-bond acceptors (Lipinski definition) is 4. The Morgan fingerprint density at radius 1 is 1.05 bits per heavy atom. The molecule has 0 bridgehead atoms. The summed E-state index contributed by atoms with van der Waals surface area (Å²) in [6, 6.07) is 3.69. The molecule has 4 nitrogen and oxygen atoms in total. The minimum absolute atomic E-state index is 0.379. The molecule has 0 aliphatic carbocycles. The summed E-state index contributed by atoms with van der Waals surface area (Å²) < 4.78 is 17.0. The van der Waals surface area contributed by atoms with Crippen molar-refractivity contribution in [3.8, 4) is 17.2 Å². The molecule has 0 unspecified atom stereocenters. The molecule has 22 heavy (non-hydrogen) atoms. The molecule has 0 saturated carbocycles. The molecule has 0 aliphatic rings. The maximum absolute atomic E-state index is 11.5. The van der Waals surface area contributed by atoms with Crippen LogP contribution in [0.3, 0.4) is 0 Å². The van der Waals surface area contributed by atoms with Gasteiger partial charge < -0.3 is 14.2 Å². The maximum Gasteiger partial charge on any atom is 0.335 e. The zero-order valence-corrected chi connectivity index (χ0v) is 13.8. The van der Waals surface area contributed by atoms with E-state index in [0.29, 0.717) is 30.5 Å². The molecule has 122 valence electrons. The van der Waals surface area contributed by atoms with Crippen LogP contribution in [-0.4, -0.2) is 19.2 Å². The van der Waals surface area contributed by atoms with E-state index >= 15 is 0 Å². The van der Waals surface area contributed by atoms with E-state index in [2.05, 4.69) is 13.5 Å². The van der Waals surface area contributed by atoms with Gasteiger partial charge in [0.25, 0.3) is 0 Å². The Bertz CT molecular complexity index is 494. The lowest BCUT2D eigenvalue weighted by atomic mass is 10.1. The van der Waals surface area contributed by atoms with Gasteiger partial charge in [-0.3, -0.25) is 0 Å². The number of benzene rings is 1. The molecule has 0 saturated heterocycles. The summed E-state index contributed by atoms with van der Waals surface area (Å²) in [5, 5.41) is 0. The summed E-state index contributed by atoms with van der Waals surface area (Å²) in [4.78, 5) is 11.5. The summed E-state index contributed by atoms with van der Waals surface area (Å²) >= 11 is 0. The molecule has 1 aromatic rings. The number of carbonyl (C=O) groups excluding carboxylic acids is 1. The van der Waals surface area contributed by atoms with Crippen LogP contribution in [0.25, 0.3) is 0 Å². The number of rotatable bonds is 10. The Kier molecular flexibility index (Phi) is 8.11. The van der Waals surface area contributed by atoms with Crippen molar-refractivity contribution < 1.29 is 19.0 Å². The van der Waals surface area contributed by atoms with Crippen LogP contribution in [0, 0.1) is 0 Å². The van der Waals surface area contributed by atoms with E-state index in [4.69, 9.17) is 14.2 Å². The maximum atomic E-state index is 11.5. The lowest BCUT2D eigenvalue weighted by molar-refractivity contribution is -0.129. The van der Waals surface area contributed by atoms with Gasteiger partial charge in [0.05, 0.1) is 13.2 Å². The molecule has 0 N–H and O–H groups in total. The van der Waals surface area contributed by atoms with Gasteiger partial charge in [0.2, 0.25) is 5.75 Å². The van der Waals surface area contributed by atoms with Crippen molar-refractivity contribution in [3.63, 3.8) is 0 Å². The number of hydrogen-bond donors (Lipinski definition) is 0. The zero-order valence-electron chi connectivity index (χ0n) is 13.8. The monoisotopic (exact) mass is 306 g/mol. The van der Waals surface area contributed by atoms with Gasteiger partial charge in [0, 0.05) is 6.08 Å². The molecule has 0 aromatic heterocycles. The quantitative estimate of drug-likeness (QED) is 0.367. The van der Waals surface area contributed by atoms with Gasteiger partial charge in [-0.15, -0.1) is 0 Å². The topological polar surface area (TPSA) is 44.8 Å². The molecule has 0 fully saturated rings. The number of aryl methyl sites for hydroxylation is 1. The molecular formula is C18H26O4. The van der Waals surface area contributed by atoms with Crippen molar-refractivity contribution >= 4 is 5.97 Å². The van der Waals surface area contributed by atoms with E-state index in [1.54, 1.807) is 6.07 Å². The fraction of sp³-hybridized carbons (Fsp3) is 0.500. The van der Waals surface area contributed by atoms with Crippen LogP contribution in [0.2, 0.25) is 0 Å². The average Bonchev–Trinajstić information content (AvgIpc) is 2.53. The third kappa shape index (κ3) is 5.10. The van der Waals surface area contributed by atoms with E-state index in [9.17, 15) is 4.79 Å². The summed E-state index contributed by atoms with van der Waals surface area (Å²) in [6.07, 6.45) is 4.78. The van der Waals surface area contributed by atoms with Crippen LogP contribution in [0.5, 0.6) is 17.2 Å². The molecule has 0 amide bonds. The molecule has 1 aromatic carbocycles. The molecule has 0 radical (unpaired) electrons. The van der Waals surface area contributed by atoms with Gasteiger partial charge in [-0.1, -0.05) is 39.8 Å². The van der Waals surface area contributed by atoms with Crippen molar-refractivity contribution in [1.82, 2.24) is 0 Å². The number of ether oxygens (including phenoxy) is 3. The second-order valence-corrected chi connectivity index (χ2v) is 4.95. The van der Waals surface area contributed by atoms with Crippen LogP contribution < -0.4 is 14.2 Å². The van der Waals surface area contributed by atoms with Crippen LogP contribution in [0.4, 0.5) is 0 Å². The average molecular weight is 306 g/mol. The summed E-state index contributed by atoms with van der Waals surface area (Å²) in [5.74, 6) is 1.07. The third-order valence-corrected chi connectivity index (χ3v) is 2.96. The Morgan fingerprint density at radius 3 is 2.23 bits per heavy atom. The highest BCUT2D eigenvalue weighted by molar-refractivity contribution is 5.84. The zero-order chi connectivity index (χ0) is 16.4. The predicted octanol–water partition coefficient (Wildman–Crippen LogP) is 4.31. The first-order valence-corrected chi connectivity index (χ1v) is 7.93. The Labute approximate surface area is 133 Å². The Morgan fingerprint density at radius 2 is 1.68 bits per heavy atom. The first-order chi connectivity index (χ1) is 10.7. The molecule has 0 aliphatic heterocycles. The van der Waals surface area contributed by atoms with Crippen molar-refractivity contribution in [3.05, 3.63) is 30.4 Å². The predicted molar refractivity (Wildman–Crippen MR) is 87.8 cm³/mol. The van der Waals surface area contributed by atoms with E-state index in [1.807, 2.05) is 19.9 Å². The first kappa shape index (κ1) is 18.1. The van der Waals surface area contributed by atoms with Crippen LogP contribution >= 0.6 is 0 Å². The third-order valence-electron chi connectivity index (χ3n) is 2.96. The summed E-state index contributed by atoms with van der Waals surface area (Å²) in [7, 11) is 0. The SMILES string of the molecule is C=CC(=O)Oc1ccc(CCC)c(OCCC)c1OCCC. The molecule has 4 heteroatoms. The van der Waals surface area contributed by atoms with E-state index in [1.165, 1.54) is 0 Å². The van der Waals surface area contributed by atoms with E-state index in [-0.39, 0.29) is 0 Å². The second kappa shape index (κ2) is 9.87. The lowest BCUT2D eigenvalue weighted by Gasteiger charge is -2.18. The van der Waals surface area contributed by atoms with Crippen molar-refractivity contribution in [2.24, 2.45) is 0 Å². The Balaban J connectivity index is 3.24. The molecule has 1 rings (SSSR count).